The quantitative estimate of drug-likeness (QED) is 0.888. The van der Waals surface area contributed by atoms with Crippen molar-refractivity contribution in [2.45, 2.75) is 19.4 Å². The van der Waals surface area contributed by atoms with Gasteiger partial charge in [0.05, 0.1) is 6.10 Å². The summed E-state index contributed by atoms with van der Waals surface area (Å²) >= 11 is 0. The summed E-state index contributed by atoms with van der Waals surface area (Å²) in [5.41, 5.74) is 2.03. The Morgan fingerprint density at radius 2 is 1.85 bits per heavy atom. The third-order valence-electron chi connectivity index (χ3n) is 4.46. The number of anilines is 2. The molecule has 0 saturated carbocycles. The van der Waals surface area contributed by atoms with Crippen LogP contribution in [0.25, 0.3) is 0 Å². The first kappa shape index (κ1) is 17.9. The number of nitrogens with zero attached hydrogens (tertiary/aromatic N) is 2. The molecule has 0 bridgehead atoms. The first-order valence-corrected chi connectivity index (χ1v) is 8.79. The Hall–Kier alpha value is -2.86. The SMILES string of the molecule is CCN(C(=O)c1ccc(NC(=O)N2CCC(O)C2)cc1)c1ccccc1. The zero-order valence-electron chi connectivity index (χ0n) is 14.8. The van der Waals surface area contributed by atoms with E-state index in [1.807, 2.05) is 37.3 Å². The smallest absolute Gasteiger partial charge is 0.321 e. The number of hydrogen-bond acceptors (Lipinski definition) is 3. The highest BCUT2D eigenvalue weighted by Gasteiger charge is 2.24. The Morgan fingerprint density at radius 1 is 1.15 bits per heavy atom. The number of likely N-dealkylation sites (tertiary alicyclic amines) is 1. The second-order valence-electron chi connectivity index (χ2n) is 6.28. The number of β-amino-alcohol motifs (C(OH)–C–C–N with tert-alkyl or cyclic N) is 1. The lowest BCUT2D eigenvalue weighted by Crippen LogP contribution is -2.33. The molecule has 0 spiro atoms. The van der Waals surface area contributed by atoms with E-state index in [4.69, 9.17) is 0 Å². The Balaban J connectivity index is 1.67. The zero-order chi connectivity index (χ0) is 18.5. The number of carbonyl (C=O) groups is 2. The standard InChI is InChI=1S/C20H23N3O3/c1-2-23(17-6-4-3-5-7-17)19(25)15-8-10-16(11-9-15)21-20(26)22-13-12-18(24)14-22/h3-11,18,24H,2,12-14H2,1H3,(H,21,26). The second-order valence-corrected chi connectivity index (χ2v) is 6.28. The molecular formula is C20H23N3O3. The van der Waals surface area contributed by atoms with Crippen molar-refractivity contribution in [3.8, 4) is 0 Å². The van der Waals surface area contributed by atoms with Crippen LogP contribution in [0.1, 0.15) is 23.7 Å². The van der Waals surface area contributed by atoms with Crippen LogP contribution < -0.4 is 10.2 Å². The highest BCUT2D eigenvalue weighted by atomic mass is 16.3. The predicted octanol–water partition coefficient (Wildman–Crippen LogP) is 2.95. The van der Waals surface area contributed by atoms with E-state index in [-0.39, 0.29) is 11.9 Å². The van der Waals surface area contributed by atoms with Crippen molar-refractivity contribution in [2.75, 3.05) is 29.9 Å². The number of urea groups is 1. The lowest BCUT2D eigenvalue weighted by atomic mass is 10.1. The predicted molar refractivity (Wildman–Crippen MR) is 101 cm³/mol. The van der Waals surface area contributed by atoms with Gasteiger partial charge in [0, 0.05) is 36.6 Å². The second kappa shape index (κ2) is 8.01. The summed E-state index contributed by atoms with van der Waals surface area (Å²) in [5.74, 6) is -0.0840. The lowest BCUT2D eigenvalue weighted by Gasteiger charge is -2.21. The maximum absolute atomic E-state index is 12.8. The molecule has 2 N–H and O–H groups in total. The van der Waals surface area contributed by atoms with E-state index >= 15 is 0 Å². The minimum absolute atomic E-state index is 0.0840. The average Bonchev–Trinajstić information content (AvgIpc) is 3.10. The molecule has 26 heavy (non-hydrogen) atoms. The Morgan fingerprint density at radius 3 is 2.42 bits per heavy atom. The first-order chi connectivity index (χ1) is 12.6. The van der Waals surface area contributed by atoms with Crippen molar-refractivity contribution < 1.29 is 14.7 Å². The van der Waals surface area contributed by atoms with E-state index < -0.39 is 6.10 Å². The molecule has 3 amide bonds. The maximum atomic E-state index is 12.8. The Kier molecular flexibility index (Phi) is 5.53. The molecule has 1 fully saturated rings. The topological polar surface area (TPSA) is 72.9 Å². The molecule has 1 aliphatic heterocycles. The van der Waals surface area contributed by atoms with Crippen LogP contribution in [0.5, 0.6) is 0 Å². The van der Waals surface area contributed by atoms with Crippen molar-refractivity contribution in [3.63, 3.8) is 0 Å². The van der Waals surface area contributed by atoms with Crippen LogP contribution in [0, 0.1) is 0 Å². The van der Waals surface area contributed by atoms with Gasteiger partial charge in [-0.1, -0.05) is 18.2 Å². The van der Waals surface area contributed by atoms with E-state index in [9.17, 15) is 14.7 Å². The molecular weight excluding hydrogens is 330 g/mol. The summed E-state index contributed by atoms with van der Waals surface area (Å²) in [6.45, 7) is 3.40. The fourth-order valence-electron chi connectivity index (χ4n) is 3.03. The molecule has 2 aromatic rings. The molecule has 6 nitrogen and oxygen atoms in total. The van der Waals surface area contributed by atoms with Crippen LogP contribution >= 0.6 is 0 Å². The molecule has 1 saturated heterocycles. The molecule has 0 radical (unpaired) electrons. The molecule has 136 valence electrons. The Labute approximate surface area is 153 Å². The van der Waals surface area contributed by atoms with Crippen LogP contribution in [0.3, 0.4) is 0 Å². The van der Waals surface area contributed by atoms with Gasteiger partial charge in [-0.2, -0.15) is 0 Å². The lowest BCUT2D eigenvalue weighted by molar-refractivity contribution is 0.0988. The van der Waals surface area contributed by atoms with Crippen molar-refractivity contribution in [2.24, 2.45) is 0 Å². The van der Waals surface area contributed by atoms with Gasteiger partial charge >= 0.3 is 6.03 Å². The van der Waals surface area contributed by atoms with Gasteiger partial charge in [0.2, 0.25) is 0 Å². The molecule has 1 heterocycles. The van der Waals surface area contributed by atoms with E-state index in [0.717, 1.165) is 5.69 Å². The van der Waals surface area contributed by atoms with Gasteiger partial charge < -0.3 is 20.2 Å². The van der Waals surface area contributed by atoms with Crippen LogP contribution in [0.15, 0.2) is 54.6 Å². The number of amides is 3. The third kappa shape index (κ3) is 4.03. The van der Waals surface area contributed by atoms with Gasteiger partial charge in [0.25, 0.3) is 5.91 Å². The third-order valence-corrected chi connectivity index (χ3v) is 4.46. The van der Waals surface area contributed by atoms with Gasteiger partial charge in [-0.05, 0) is 49.7 Å². The molecule has 0 aromatic heterocycles. The number of aliphatic hydroxyl groups excluding tert-OH is 1. The molecule has 3 rings (SSSR count). The van der Waals surface area contributed by atoms with Crippen LogP contribution in [-0.2, 0) is 0 Å². The van der Waals surface area contributed by atoms with Crippen LogP contribution in [0.4, 0.5) is 16.2 Å². The molecule has 0 aliphatic carbocycles. The first-order valence-electron chi connectivity index (χ1n) is 8.79. The van der Waals surface area contributed by atoms with Gasteiger partial charge in [-0.15, -0.1) is 0 Å². The highest BCUT2D eigenvalue weighted by Crippen LogP contribution is 2.19. The summed E-state index contributed by atoms with van der Waals surface area (Å²) in [6.07, 6.45) is 0.159. The average molecular weight is 353 g/mol. The van der Waals surface area contributed by atoms with Gasteiger partial charge in [0.15, 0.2) is 0 Å². The fourth-order valence-corrected chi connectivity index (χ4v) is 3.03. The summed E-state index contributed by atoms with van der Waals surface area (Å²) in [4.78, 5) is 28.2. The number of para-hydroxylation sites is 1. The Bertz CT molecular complexity index is 762. The number of carbonyl (C=O) groups excluding carboxylic acids is 2. The largest absolute Gasteiger partial charge is 0.391 e. The van der Waals surface area contributed by atoms with Gasteiger partial charge in [-0.3, -0.25) is 4.79 Å². The summed E-state index contributed by atoms with van der Waals surface area (Å²) in [7, 11) is 0. The summed E-state index contributed by atoms with van der Waals surface area (Å²) < 4.78 is 0. The van der Waals surface area contributed by atoms with Gasteiger partial charge in [-0.25, -0.2) is 4.79 Å². The molecule has 1 atom stereocenters. The number of benzene rings is 2. The molecule has 1 unspecified atom stereocenters. The molecule has 6 heteroatoms. The van der Waals surface area contributed by atoms with E-state index in [1.54, 1.807) is 34.1 Å². The van der Waals surface area contributed by atoms with Gasteiger partial charge in [0.1, 0.15) is 0 Å². The van der Waals surface area contributed by atoms with Crippen molar-refractivity contribution in [1.29, 1.82) is 0 Å². The number of aliphatic hydroxyl groups is 1. The number of rotatable bonds is 4. The zero-order valence-corrected chi connectivity index (χ0v) is 14.8. The minimum Gasteiger partial charge on any atom is -0.391 e. The normalized spacial score (nSPS) is 16.4. The van der Waals surface area contributed by atoms with E-state index in [1.165, 1.54) is 0 Å². The van der Waals surface area contributed by atoms with Crippen molar-refractivity contribution in [3.05, 3.63) is 60.2 Å². The minimum atomic E-state index is -0.446. The van der Waals surface area contributed by atoms with Crippen LogP contribution in [0.2, 0.25) is 0 Å². The summed E-state index contributed by atoms with van der Waals surface area (Å²) in [6, 6.07) is 16.1. The van der Waals surface area contributed by atoms with Crippen molar-refractivity contribution in [1.82, 2.24) is 4.90 Å². The van der Waals surface area contributed by atoms with Crippen molar-refractivity contribution >= 4 is 23.3 Å². The maximum Gasteiger partial charge on any atom is 0.321 e. The fraction of sp³-hybridized carbons (Fsp3) is 0.300. The number of nitrogens with one attached hydrogen (secondary N) is 1. The molecule has 1 aliphatic rings. The molecule has 2 aromatic carbocycles. The van der Waals surface area contributed by atoms with E-state index in [2.05, 4.69) is 5.32 Å². The van der Waals surface area contributed by atoms with E-state index in [0.29, 0.717) is 37.3 Å². The highest BCUT2D eigenvalue weighted by molar-refractivity contribution is 6.06. The summed E-state index contributed by atoms with van der Waals surface area (Å²) in [5, 5.41) is 12.3. The monoisotopic (exact) mass is 353 g/mol. The van der Waals surface area contributed by atoms with Crippen LogP contribution in [-0.4, -0.2) is 47.7 Å². The number of hydrogen-bond donors (Lipinski definition) is 2.